The first-order chi connectivity index (χ1) is 18.4. The van der Waals surface area contributed by atoms with Gasteiger partial charge >= 0.3 is 0 Å². The fourth-order valence-corrected chi connectivity index (χ4v) is 4.68. The first kappa shape index (κ1) is 23.0. The minimum Gasteiger partial charge on any atom is -0.289 e. The zero-order valence-electron chi connectivity index (χ0n) is 19.8. The topological polar surface area (TPSA) is 91.8 Å². The van der Waals surface area contributed by atoms with Crippen LogP contribution < -0.4 is 9.80 Å². The Hall–Kier alpha value is -5.43. The van der Waals surface area contributed by atoms with Crippen LogP contribution in [0, 0.1) is 0 Å². The second-order valence-corrected chi connectivity index (χ2v) is 8.83. The van der Waals surface area contributed by atoms with Crippen molar-refractivity contribution >= 4 is 46.9 Å². The lowest BCUT2D eigenvalue weighted by molar-refractivity contribution is 0.0910. The van der Waals surface area contributed by atoms with Gasteiger partial charge in [-0.15, -0.1) is 0 Å². The number of nitrogens with zero attached hydrogens (tertiary/aromatic N) is 2. The van der Waals surface area contributed by atoms with E-state index in [1.807, 2.05) is 0 Å². The maximum absolute atomic E-state index is 13.0. The zero-order valence-corrected chi connectivity index (χ0v) is 19.8. The average Bonchev–Trinajstić information content (AvgIpc) is 3.36. The Bertz CT molecular complexity index is 1670. The smallest absolute Gasteiger partial charge is 0.266 e. The Morgan fingerprint density at radius 3 is 1.47 bits per heavy atom. The summed E-state index contributed by atoms with van der Waals surface area (Å²) in [6.07, 6.45) is 2.95. The molecule has 0 radical (unpaired) electrons. The summed E-state index contributed by atoms with van der Waals surface area (Å²) < 4.78 is 0. The third-order valence-electron chi connectivity index (χ3n) is 6.53. The molecule has 6 rings (SSSR count). The molecule has 2 aliphatic heterocycles. The number of hydrogen-bond acceptors (Lipinski definition) is 5. The largest absolute Gasteiger partial charge is 0.289 e. The van der Waals surface area contributed by atoms with Gasteiger partial charge in [0, 0.05) is 5.56 Å². The average molecular weight is 498 g/mol. The van der Waals surface area contributed by atoms with Gasteiger partial charge in [0.2, 0.25) is 0 Å². The molecular weight excluding hydrogens is 480 g/mol. The van der Waals surface area contributed by atoms with Crippen molar-refractivity contribution in [3.05, 3.63) is 137 Å². The predicted molar refractivity (Wildman–Crippen MR) is 141 cm³/mol. The summed E-state index contributed by atoms with van der Waals surface area (Å²) in [6, 6.07) is 26.3. The number of carbonyl (C=O) groups is 5. The number of hydrogen-bond donors (Lipinski definition) is 0. The first-order valence-electron chi connectivity index (χ1n) is 11.8. The van der Waals surface area contributed by atoms with E-state index in [0.717, 1.165) is 9.80 Å². The summed E-state index contributed by atoms with van der Waals surface area (Å²) in [6.45, 7) is 0. The predicted octanol–water partition coefficient (Wildman–Crippen LogP) is 5.18. The second-order valence-electron chi connectivity index (χ2n) is 8.83. The van der Waals surface area contributed by atoms with Gasteiger partial charge in [0.1, 0.15) is 0 Å². The van der Waals surface area contributed by atoms with Crippen molar-refractivity contribution in [1.29, 1.82) is 0 Å². The molecule has 0 fully saturated rings. The highest BCUT2D eigenvalue weighted by Gasteiger charge is 2.37. The molecule has 7 nitrogen and oxygen atoms in total. The minimum atomic E-state index is -0.435. The summed E-state index contributed by atoms with van der Waals surface area (Å²) in [4.78, 5) is 66.4. The lowest BCUT2D eigenvalue weighted by Crippen LogP contribution is -2.29. The van der Waals surface area contributed by atoms with Crippen LogP contribution in [0.2, 0.25) is 0 Å². The fourth-order valence-electron chi connectivity index (χ4n) is 4.68. The molecule has 2 heterocycles. The van der Waals surface area contributed by atoms with Gasteiger partial charge in [0.15, 0.2) is 5.78 Å². The minimum absolute atomic E-state index is 0.298. The fraction of sp³-hybridized carbons (Fsp3) is 0. The molecule has 0 bridgehead atoms. The lowest BCUT2D eigenvalue weighted by atomic mass is 10.1. The van der Waals surface area contributed by atoms with Gasteiger partial charge in [-0.2, -0.15) is 0 Å². The maximum atomic E-state index is 13.0. The Morgan fingerprint density at radius 2 is 0.974 bits per heavy atom. The van der Waals surface area contributed by atoms with Crippen molar-refractivity contribution in [3.63, 3.8) is 0 Å². The Morgan fingerprint density at radius 1 is 0.526 bits per heavy atom. The third-order valence-corrected chi connectivity index (χ3v) is 6.53. The molecule has 0 saturated carbocycles. The zero-order chi connectivity index (χ0) is 26.4. The number of rotatable bonds is 5. The SMILES string of the molecule is O=C(C=Cc1cccc(N2C(=O)c3ccccc3C2=O)c1)c1cccc(N2C(=O)c3ccccc3C2=O)c1. The Balaban J connectivity index is 1.23. The van der Waals surface area contributed by atoms with Crippen LogP contribution in [-0.2, 0) is 0 Å². The van der Waals surface area contributed by atoms with Crippen molar-refractivity contribution in [3.8, 4) is 0 Å². The summed E-state index contributed by atoms with van der Waals surface area (Å²) >= 11 is 0. The highest BCUT2D eigenvalue weighted by Crippen LogP contribution is 2.30. The van der Waals surface area contributed by atoms with Crippen LogP contribution in [0.4, 0.5) is 11.4 Å². The van der Waals surface area contributed by atoms with E-state index >= 15 is 0 Å². The molecule has 0 N–H and O–H groups in total. The molecule has 4 amide bonds. The van der Waals surface area contributed by atoms with Crippen LogP contribution in [0.5, 0.6) is 0 Å². The number of ketones is 1. The summed E-state index contributed by atoms with van der Waals surface area (Å²) in [7, 11) is 0. The lowest BCUT2D eigenvalue weighted by Gasteiger charge is -2.14. The molecule has 38 heavy (non-hydrogen) atoms. The highest BCUT2D eigenvalue weighted by molar-refractivity contribution is 6.35. The number of fused-ring (bicyclic) bond motifs is 2. The van der Waals surface area contributed by atoms with Crippen LogP contribution in [0.1, 0.15) is 57.4 Å². The maximum Gasteiger partial charge on any atom is 0.266 e. The molecule has 0 saturated heterocycles. The van der Waals surface area contributed by atoms with Gasteiger partial charge in [-0.05, 0) is 60.2 Å². The van der Waals surface area contributed by atoms with E-state index < -0.39 is 23.6 Å². The molecule has 4 aromatic rings. The highest BCUT2D eigenvalue weighted by atomic mass is 16.2. The third kappa shape index (κ3) is 3.65. The quantitative estimate of drug-likeness (QED) is 0.215. The Labute approximate surface area is 217 Å². The second kappa shape index (κ2) is 8.90. The summed E-state index contributed by atoms with van der Waals surface area (Å²) in [5.74, 6) is -2.00. The Kier molecular flexibility index (Phi) is 5.39. The molecule has 7 heteroatoms. The van der Waals surface area contributed by atoms with Crippen LogP contribution >= 0.6 is 0 Å². The van der Waals surface area contributed by atoms with Gasteiger partial charge in [0.05, 0.1) is 33.6 Å². The van der Waals surface area contributed by atoms with Gasteiger partial charge in [0.25, 0.3) is 23.6 Å². The normalized spacial score (nSPS) is 14.4. The van der Waals surface area contributed by atoms with Crippen LogP contribution in [0.25, 0.3) is 6.08 Å². The van der Waals surface area contributed by atoms with Crippen molar-refractivity contribution in [1.82, 2.24) is 0 Å². The number of benzene rings is 4. The number of amides is 4. The molecule has 0 atom stereocenters. The molecular formula is C31H18N2O5. The van der Waals surface area contributed by atoms with E-state index in [2.05, 4.69) is 0 Å². The number of imide groups is 2. The first-order valence-corrected chi connectivity index (χ1v) is 11.8. The van der Waals surface area contributed by atoms with Crippen LogP contribution in [-0.4, -0.2) is 29.4 Å². The van der Waals surface area contributed by atoms with Crippen molar-refractivity contribution in [2.24, 2.45) is 0 Å². The molecule has 2 aliphatic rings. The molecule has 0 unspecified atom stereocenters. The van der Waals surface area contributed by atoms with E-state index in [4.69, 9.17) is 0 Å². The summed E-state index contributed by atoms with van der Waals surface area (Å²) in [5.41, 5.74) is 2.98. The number of anilines is 2. The van der Waals surface area contributed by atoms with E-state index in [1.54, 1.807) is 97.1 Å². The van der Waals surface area contributed by atoms with E-state index in [-0.39, 0.29) is 5.78 Å². The molecule has 0 aliphatic carbocycles. The number of allylic oxidation sites excluding steroid dienone is 1. The van der Waals surface area contributed by atoms with Gasteiger partial charge in [-0.1, -0.05) is 54.6 Å². The monoisotopic (exact) mass is 498 g/mol. The van der Waals surface area contributed by atoms with Crippen LogP contribution in [0.3, 0.4) is 0 Å². The van der Waals surface area contributed by atoms with Crippen molar-refractivity contribution in [2.45, 2.75) is 0 Å². The number of carbonyl (C=O) groups excluding carboxylic acids is 5. The molecule has 0 aromatic heterocycles. The van der Waals surface area contributed by atoms with E-state index in [1.165, 1.54) is 12.1 Å². The van der Waals surface area contributed by atoms with Crippen LogP contribution in [0.15, 0.2) is 103 Å². The molecule has 182 valence electrons. The van der Waals surface area contributed by atoms with E-state index in [0.29, 0.717) is 44.8 Å². The molecule has 4 aromatic carbocycles. The van der Waals surface area contributed by atoms with E-state index in [9.17, 15) is 24.0 Å². The molecule has 0 spiro atoms. The van der Waals surface area contributed by atoms with Gasteiger partial charge in [-0.3, -0.25) is 24.0 Å². The van der Waals surface area contributed by atoms with Crippen molar-refractivity contribution < 1.29 is 24.0 Å². The van der Waals surface area contributed by atoms with Gasteiger partial charge in [-0.25, -0.2) is 9.80 Å². The van der Waals surface area contributed by atoms with Gasteiger partial charge < -0.3 is 0 Å². The summed E-state index contributed by atoms with van der Waals surface area (Å²) in [5, 5.41) is 0. The van der Waals surface area contributed by atoms with Crippen molar-refractivity contribution in [2.75, 3.05) is 9.80 Å². The standard InChI is InChI=1S/C31H18N2O5/c34-27(20-8-6-10-22(18-20)33-30(37)25-13-3-4-14-26(25)31(33)38)16-15-19-7-5-9-21(17-19)32-28(35)23-11-1-2-12-24(23)29(32)36/h1-18H.